The summed E-state index contributed by atoms with van der Waals surface area (Å²) in [6.45, 7) is 2.31. The zero-order valence-corrected chi connectivity index (χ0v) is 14.8. The molecule has 3 N–H and O–H groups in total. The molecule has 25 heavy (non-hydrogen) atoms. The van der Waals surface area contributed by atoms with Crippen LogP contribution in [0.1, 0.15) is 38.1 Å². The predicted molar refractivity (Wildman–Crippen MR) is 93.4 cm³/mol. The van der Waals surface area contributed by atoms with E-state index in [9.17, 15) is 9.18 Å². The Morgan fingerprint density at radius 2 is 2.28 bits per heavy atom. The molecule has 1 fully saturated rings. The summed E-state index contributed by atoms with van der Waals surface area (Å²) < 4.78 is 18.5. The van der Waals surface area contributed by atoms with Gasteiger partial charge in [-0.05, 0) is 44.4 Å². The highest BCUT2D eigenvalue weighted by Crippen LogP contribution is 2.31. The number of amides is 1. The fourth-order valence-electron chi connectivity index (χ4n) is 3.20. The van der Waals surface area contributed by atoms with Crippen molar-refractivity contribution in [2.45, 2.75) is 32.2 Å². The first-order valence-corrected chi connectivity index (χ1v) is 8.18. The number of nitrogens with one attached hydrogen (secondary N) is 1. The third kappa shape index (κ3) is 4.35. The van der Waals surface area contributed by atoms with Crippen molar-refractivity contribution in [3.8, 4) is 11.4 Å². The van der Waals surface area contributed by atoms with Crippen LogP contribution in [0, 0.1) is 17.7 Å². The zero-order valence-electron chi connectivity index (χ0n) is 13.9. The van der Waals surface area contributed by atoms with Crippen LogP contribution in [0.15, 0.2) is 28.8 Å². The van der Waals surface area contributed by atoms with Crippen molar-refractivity contribution in [1.82, 2.24) is 15.5 Å². The molecule has 0 radical (unpaired) electrons. The highest BCUT2D eigenvalue weighted by molar-refractivity contribution is 5.85. The van der Waals surface area contributed by atoms with E-state index in [1.54, 1.807) is 19.1 Å². The van der Waals surface area contributed by atoms with Gasteiger partial charge in [-0.3, -0.25) is 4.79 Å². The average molecular weight is 369 g/mol. The number of rotatable bonds is 5. The zero-order chi connectivity index (χ0) is 17.1. The molecular weight excluding hydrogens is 347 g/mol. The van der Waals surface area contributed by atoms with Gasteiger partial charge in [0, 0.05) is 11.5 Å². The lowest BCUT2D eigenvalue weighted by Crippen LogP contribution is -2.36. The van der Waals surface area contributed by atoms with Gasteiger partial charge in [0.15, 0.2) is 0 Å². The van der Waals surface area contributed by atoms with Gasteiger partial charge in [0.25, 0.3) is 0 Å². The summed E-state index contributed by atoms with van der Waals surface area (Å²) in [4.78, 5) is 16.7. The largest absolute Gasteiger partial charge is 0.344 e. The van der Waals surface area contributed by atoms with Gasteiger partial charge in [0.1, 0.15) is 11.9 Å². The summed E-state index contributed by atoms with van der Waals surface area (Å²) in [6.07, 6.45) is 2.88. The maximum absolute atomic E-state index is 13.3. The lowest BCUT2D eigenvalue weighted by Gasteiger charge is -2.19. The molecule has 1 unspecified atom stereocenters. The Hall–Kier alpha value is -1.99. The van der Waals surface area contributed by atoms with E-state index in [1.807, 2.05) is 0 Å². The Bertz CT molecular complexity index is 724. The molecule has 1 heterocycles. The second-order valence-electron chi connectivity index (χ2n) is 6.23. The maximum atomic E-state index is 13.3. The Morgan fingerprint density at radius 3 is 3.00 bits per heavy atom. The third-order valence-corrected chi connectivity index (χ3v) is 4.55. The first-order chi connectivity index (χ1) is 11.6. The minimum absolute atomic E-state index is 0. The number of nitrogens with zero attached hydrogens (tertiary/aromatic N) is 2. The van der Waals surface area contributed by atoms with E-state index < -0.39 is 6.04 Å². The van der Waals surface area contributed by atoms with E-state index in [-0.39, 0.29) is 36.0 Å². The third-order valence-electron chi connectivity index (χ3n) is 4.55. The number of benzene rings is 1. The molecular formula is C17H22ClFN4O2. The summed E-state index contributed by atoms with van der Waals surface area (Å²) in [5.41, 5.74) is 6.26. The smallest absolute Gasteiger partial charge is 0.249 e. The molecule has 1 aliphatic rings. The molecule has 3 atom stereocenters. The van der Waals surface area contributed by atoms with Crippen LogP contribution in [-0.4, -0.2) is 22.6 Å². The van der Waals surface area contributed by atoms with Crippen LogP contribution in [0.4, 0.5) is 4.39 Å². The van der Waals surface area contributed by atoms with Gasteiger partial charge in [0.05, 0.1) is 0 Å². The molecule has 1 amide bonds. The van der Waals surface area contributed by atoms with E-state index >= 15 is 0 Å². The monoisotopic (exact) mass is 368 g/mol. The fraction of sp³-hybridized carbons (Fsp3) is 0.471. The van der Waals surface area contributed by atoms with E-state index in [1.165, 1.54) is 12.1 Å². The lowest BCUT2D eigenvalue weighted by molar-refractivity contribution is -0.126. The van der Waals surface area contributed by atoms with Crippen molar-refractivity contribution in [3.63, 3.8) is 0 Å². The van der Waals surface area contributed by atoms with Crippen molar-refractivity contribution < 1.29 is 13.7 Å². The molecule has 0 spiro atoms. The molecule has 1 aromatic heterocycles. The normalized spacial score (nSPS) is 20.8. The summed E-state index contributed by atoms with van der Waals surface area (Å²) >= 11 is 0. The minimum Gasteiger partial charge on any atom is -0.344 e. The number of nitrogens with two attached hydrogens (primary N) is 1. The van der Waals surface area contributed by atoms with Crippen LogP contribution >= 0.6 is 12.4 Å². The molecule has 0 bridgehead atoms. The van der Waals surface area contributed by atoms with Crippen molar-refractivity contribution in [1.29, 1.82) is 0 Å². The molecule has 0 saturated heterocycles. The number of carbonyl (C=O) groups excluding carboxylic acids is 1. The van der Waals surface area contributed by atoms with Crippen LogP contribution in [0.25, 0.3) is 11.4 Å². The van der Waals surface area contributed by atoms with E-state index in [0.29, 0.717) is 23.8 Å². The minimum atomic E-state index is -0.411. The molecule has 136 valence electrons. The number of hydrogen-bond donors (Lipinski definition) is 2. The van der Waals surface area contributed by atoms with E-state index in [0.717, 1.165) is 19.3 Å². The first kappa shape index (κ1) is 19.3. The Kier molecular flexibility index (Phi) is 6.50. The maximum Gasteiger partial charge on any atom is 0.249 e. The van der Waals surface area contributed by atoms with Crippen molar-refractivity contribution in [2.24, 2.45) is 17.6 Å². The van der Waals surface area contributed by atoms with Gasteiger partial charge in [-0.2, -0.15) is 4.98 Å². The second-order valence-corrected chi connectivity index (χ2v) is 6.23. The molecule has 2 aromatic rings. The van der Waals surface area contributed by atoms with Gasteiger partial charge in [-0.1, -0.05) is 23.7 Å². The molecule has 6 nitrogen and oxygen atoms in total. The summed E-state index contributed by atoms with van der Waals surface area (Å²) in [6, 6.07) is 5.56. The molecule has 1 saturated carbocycles. The molecule has 1 aliphatic carbocycles. The summed E-state index contributed by atoms with van der Waals surface area (Å²) in [7, 11) is 0. The molecule has 3 rings (SSSR count). The van der Waals surface area contributed by atoms with Gasteiger partial charge in [-0.25, -0.2) is 4.39 Å². The van der Waals surface area contributed by atoms with Crippen LogP contribution in [-0.2, 0) is 4.79 Å². The average Bonchev–Trinajstić information content (AvgIpc) is 3.24. The lowest BCUT2D eigenvalue weighted by atomic mass is 9.95. The topological polar surface area (TPSA) is 94.0 Å². The molecule has 8 heteroatoms. The quantitative estimate of drug-likeness (QED) is 0.846. The molecule has 0 aliphatic heterocycles. The van der Waals surface area contributed by atoms with E-state index in [4.69, 9.17) is 10.3 Å². The van der Waals surface area contributed by atoms with Gasteiger partial charge < -0.3 is 15.6 Å². The standard InChI is InChI=1S/C17H21FN4O2.ClH/c1-10(20-16(23)14-7-3-5-12(14)9-19)17-21-15(22-24-17)11-4-2-6-13(18)8-11;/h2,4,6,8,10,12,14H,3,5,7,9,19H2,1H3,(H,20,23);1H/t10?,12-,14-;/m1./s1. The van der Waals surface area contributed by atoms with Crippen molar-refractivity contribution in [3.05, 3.63) is 36.0 Å². The van der Waals surface area contributed by atoms with Crippen LogP contribution < -0.4 is 11.1 Å². The van der Waals surface area contributed by atoms with Crippen molar-refractivity contribution in [2.75, 3.05) is 6.54 Å². The van der Waals surface area contributed by atoms with Gasteiger partial charge >= 0.3 is 0 Å². The first-order valence-electron chi connectivity index (χ1n) is 8.18. The van der Waals surface area contributed by atoms with Crippen molar-refractivity contribution >= 4 is 18.3 Å². The highest BCUT2D eigenvalue weighted by Gasteiger charge is 2.33. The van der Waals surface area contributed by atoms with Gasteiger partial charge in [0.2, 0.25) is 17.6 Å². The number of hydrogen-bond acceptors (Lipinski definition) is 5. The van der Waals surface area contributed by atoms with E-state index in [2.05, 4.69) is 15.5 Å². The second kappa shape index (κ2) is 8.40. The van der Waals surface area contributed by atoms with Gasteiger partial charge in [-0.15, -0.1) is 12.4 Å². The Balaban J connectivity index is 0.00000225. The number of carbonyl (C=O) groups is 1. The fourth-order valence-corrected chi connectivity index (χ4v) is 3.20. The highest BCUT2D eigenvalue weighted by atomic mass is 35.5. The number of halogens is 2. The van der Waals surface area contributed by atoms with Crippen LogP contribution in [0.5, 0.6) is 0 Å². The van der Waals surface area contributed by atoms with Crippen LogP contribution in [0.2, 0.25) is 0 Å². The Morgan fingerprint density at radius 1 is 1.48 bits per heavy atom. The molecule has 1 aromatic carbocycles. The summed E-state index contributed by atoms with van der Waals surface area (Å²) in [5.74, 6) is 0.386. The predicted octanol–water partition coefficient (Wildman–Crippen LogP) is 2.85. The number of aromatic nitrogens is 2. The Labute approximate surface area is 151 Å². The summed E-state index contributed by atoms with van der Waals surface area (Å²) in [5, 5.41) is 6.77. The van der Waals surface area contributed by atoms with Crippen LogP contribution in [0.3, 0.4) is 0 Å². The SMILES string of the molecule is CC(NC(=O)[C@@H]1CCC[C@@H]1CN)c1nc(-c2cccc(F)c2)no1.Cl.